The number of halogens is 3. The van der Waals surface area contributed by atoms with E-state index in [4.69, 9.17) is 34.8 Å². The summed E-state index contributed by atoms with van der Waals surface area (Å²) < 4.78 is 0. The molecule has 0 aliphatic heterocycles. The van der Waals surface area contributed by atoms with Crippen LogP contribution in [0.2, 0.25) is 15.1 Å². The zero-order chi connectivity index (χ0) is 32.5. The minimum Gasteiger partial charge on any atom is -0.325 e. The van der Waals surface area contributed by atoms with Crippen LogP contribution < -0.4 is 16.0 Å². The Morgan fingerprint density at radius 3 is 1.89 bits per heavy atom. The summed E-state index contributed by atoms with van der Waals surface area (Å²) in [5.41, 5.74) is 2.83. The highest BCUT2D eigenvalue weighted by Crippen LogP contribution is 2.37. The van der Waals surface area contributed by atoms with Crippen molar-refractivity contribution in [2.45, 2.75) is 10.1 Å². The summed E-state index contributed by atoms with van der Waals surface area (Å²) >= 11 is 19.8. The molecule has 5 rings (SSSR count). The van der Waals surface area contributed by atoms with Crippen LogP contribution in [0.4, 0.5) is 11.4 Å². The fourth-order valence-electron chi connectivity index (χ4n) is 4.31. The Morgan fingerprint density at radius 2 is 1.24 bits per heavy atom. The molecule has 0 aromatic heterocycles. The van der Waals surface area contributed by atoms with E-state index in [0.29, 0.717) is 37.6 Å². The average Bonchev–Trinajstić information content (AvgIpc) is 3.07. The van der Waals surface area contributed by atoms with E-state index in [1.807, 2.05) is 42.5 Å². The Labute approximate surface area is 285 Å². The Balaban J connectivity index is 1.33. The summed E-state index contributed by atoms with van der Waals surface area (Å²) in [6.07, 6.45) is 1.49. The first-order valence-corrected chi connectivity index (χ1v) is 16.0. The van der Waals surface area contributed by atoms with Gasteiger partial charge in [-0.05, 0) is 90.0 Å². The largest absolute Gasteiger partial charge is 0.325 e. The normalized spacial score (nSPS) is 11.8. The monoisotopic (exact) mass is 685 g/mol. The molecule has 0 spiro atoms. The number of carbonyl (C=O) groups excluding carboxylic acids is 3. The molecular formula is C36H26Cl3N3O3S. The molecule has 46 heavy (non-hydrogen) atoms. The van der Waals surface area contributed by atoms with Gasteiger partial charge >= 0.3 is 0 Å². The smallest absolute Gasteiger partial charge is 0.272 e. The van der Waals surface area contributed by atoms with Gasteiger partial charge in [0, 0.05) is 36.9 Å². The van der Waals surface area contributed by atoms with Gasteiger partial charge < -0.3 is 16.0 Å². The molecule has 0 heterocycles. The number of benzene rings is 5. The molecule has 0 saturated heterocycles. The van der Waals surface area contributed by atoms with Gasteiger partial charge in [-0.3, -0.25) is 14.4 Å². The maximum absolute atomic E-state index is 13.5. The number of carbonyl (C=O) groups is 3. The third-order valence-electron chi connectivity index (χ3n) is 6.61. The van der Waals surface area contributed by atoms with Crippen molar-refractivity contribution < 1.29 is 14.4 Å². The van der Waals surface area contributed by atoms with Gasteiger partial charge in [0.2, 0.25) is 5.91 Å². The molecule has 1 unspecified atom stereocenters. The highest BCUT2D eigenvalue weighted by Gasteiger charge is 2.23. The minimum absolute atomic E-state index is 0.0143. The van der Waals surface area contributed by atoms with Crippen LogP contribution in [-0.4, -0.2) is 17.7 Å². The van der Waals surface area contributed by atoms with E-state index >= 15 is 0 Å². The van der Waals surface area contributed by atoms with E-state index < -0.39 is 17.1 Å². The Kier molecular flexibility index (Phi) is 11.2. The number of rotatable bonds is 10. The Hall–Kier alpha value is -4.53. The summed E-state index contributed by atoms with van der Waals surface area (Å²) in [4.78, 5) is 40.6. The third-order valence-corrected chi connectivity index (χ3v) is 8.69. The van der Waals surface area contributed by atoms with Crippen molar-refractivity contribution in [3.8, 4) is 0 Å². The maximum atomic E-state index is 13.5. The molecule has 0 saturated carbocycles. The fraction of sp³-hybridized carbons (Fsp3) is 0.0278. The summed E-state index contributed by atoms with van der Waals surface area (Å²) in [7, 11) is 0. The lowest BCUT2D eigenvalue weighted by Crippen LogP contribution is -2.30. The molecule has 3 amide bonds. The van der Waals surface area contributed by atoms with Crippen LogP contribution in [0.25, 0.3) is 6.08 Å². The van der Waals surface area contributed by atoms with E-state index in [1.54, 1.807) is 84.9 Å². The summed E-state index contributed by atoms with van der Waals surface area (Å²) in [6.45, 7) is 0. The summed E-state index contributed by atoms with van der Waals surface area (Å²) in [5.74, 6) is -1.21. The predicted octanol–water partition coefficient (Wildman–Crippen LogP) is 9.53. The molecule has 5 aromatic rings. The van der Waals surface area contributed by atoms with Gasteiger partial charge in [0.1, 0.15) is 10.9 Å². The van der Waals surface area contributed by atoms with E-state index in [2.05, 4.69) is 16.0 Å². The molecular weight excluding hydrogens is 661 g/mol. The highest BCUT2D eigenvalue weighted by atomic mass is 35.5. The van der Waals surface area contributed by atoms with Gasteiger partial charge in [-0.15, -0.1) is 11.8 Å². The van der Waals surface area contributed by atoms with Crippen molar-refractivity contribution in [2.75, 3.05) is 10.6 Å². The van der Waals surface area contributed by atoms with Crippen molar-refractivity contribution in [1.29, 1.82) is 0 Å². The standard InChI is InChI=1S/C36H26Cl3N3O3S/c37-26-13-15-28(16-14-26)41-36(45)33(23-7-3-1-4-8-23)46-30-19-17-29(18-20-30)40-35(44)32(21-25-11-12-27(38)22-31(25)39)42-34(43)24-9-5-2-6-10-24/h1-22,33H,(H,40,44)(H,41,45)(H,42,43)/b32-21-. The molecule has 0 radical (unpaired) electrons. The molecule has 5 aromatic carbocycles. The van der Waals surface area contributed by atoms with Gasteiger partial charge in [-0.1, -0.05) is 89.4 Å². The number of hydrogen-bond donors (Lipinski definition) is 3. The Bertz CT molecular complexity index is 1870. The van der Waals surface area contributed by atoms with Crippen LogP contribution in [0, 0.1) is 0 Å². The van der Waals surface area contributed by atoms with Gasteiger partial charge in [-0.25, -0.2) is 0 Å². The van der Waals surface area contributed by atoms with Crippen LogP contribution in [0.3, 0.4) is 0 Å². The molecule has 0 bridgehead atoms. The molecule has 0 aliphatic carbocycles. The first-order chi connectivity index (χ1) is 22.2. The third kappa shape index (κ3) is 9.02. The van der Waals surface area contributed by atoms with E-state index in [-0.39, 0.29) is 11.6 Å². The molecule has 230 valence electrons. The first kappa shape index (κ1) is 32.9. The van der Waals surface area contributed by atoms with Crippen LogP contribution in [0.1, 0.15) is 26.7 Å². The van der Waals surface area contributed by atoms with E-state index in [9.17, 15) is 14.4 Å². The molecule has 0 aliphatic rings. The second kappa shape index (κ2) is 15.7. The fourth-order valence-corrected chi connectivity index (χ4v) is 5.92. The molecule has 1 atom stereocenters. The van der Waals surface area contributed by atoms with E-state index in [1.165, 1.54) is 17.8 Å². The average molecular weight is 687 g/mol. The van der Waals surface area contributed by atoms with Gasteiger partial charge in [0.25, 0.3) is 11.8 Å². The van der Waals surface area contributed by atoms with Crippen LogP contribution >= 0.6 is 46.6 Å². The highest BCUT2D eigenvalue weighted by molar-refractivity contribution is 8.00. The van der Waals surface area contributed by atoms with Crippen molar-refractivity contribution >= 4 is 81.7 Å². The minimum atomic E-state index is -0.555. The SMILES string of the molecule is O=C(Nc1ccc(SC(C(=O)Nc2ccc(Cl)cc2)c2ccccc2)cc1)/C(=C/c1ccc(Cl)cc1Cl)NC(=O)c1ccccc1. The van der Waals surface area contributed by atoms with Crippen molar-refractivity contribution in [3.05, 3.63) is 165 Å². The van der Waals surface area contributed by atoms with Crippen molar-refractivity contribution in [3.63, 3.8) is 0 Å². The second-order valence-electron chi connectivity index (χ2n) is 9.93. The van der Waals surface area contributed by atoms with Crippen LogP contribution in [0.5, 0.6) is 0 Å². The molecule has 0 fully saturated rings. The summed E-state index contributed by atoms with van der Waals surface area (Å²) in [6, 6.07) is 36.9. The Morgan fingerprint density at radius 1 is 0.652 bits per heavy atom. The zero-order valence-electron chi connectivity index (χ0n) is 24.0. The van der Waals surface area contributed by atoms with Crippen molar-refractivity contribution in [2.24, 2.45) is 0 Å². The first-order valence-electron chi connectivity index (χ1n) is 14.0. The topological polar surface area (TPSA) is 87.3 Å². The van der Waals surface area contributed by atoms with Gasteiger partial charge in [-0.2, -0.15) is 0 Å². The lowest BCUT2D eigenvalue weighted by atomic mass is 10.1. The van der Waals surface area contributed by atoms with Gasteiger partial charge in [0.15, 0.2) is 0 Å². The molecule has 10 heteroatoms. The predicted molar refractivity (Wildman–Crippen MR) is 189 cm³/mol. The van der Waals surface area contributed by atoms with Crippen molar-refractivity contribution in [1.82, 2.24) is 5.32 Å². The lowest BCUT2D eigenvalue weighted by Gasteiger charge is -2.17. The zero-order valence-corrected chi connectivity index (χ0v) is 27.1. The van der Waals surface area contributed by atoms with Crippen LogP contribution in [0.15, 0.2) is 138 Å². The number of hydrogen-bond acceptors (Lipinski definition) is 4. The number of nitrogens with one attached hydrogen (secondary N) is 3. The molecule has 6 nitrogen and oxygen atoms in total. The second-order valence-corrected chi connectivity index (χ2v) is 12.4. The number of amides is 3. The quantitative estimate of drug-likeness (QED) is 0.101. The lowest BCUT2D eigenvalue weighted by molar-refractivity contribution is -0.116. The van der Waals surface area contributed by atoms with Gasteiger partial charge in [0.05, 0.1) is 0 Å². The maximum Gasteiger partial charge on any atom is 0.272 e. The number of anilines is 2. The van der Waals surface area contributed by atoms with Crippen LogP contribution in [-0.2, 0) is 9.59 Å². The summed E-state index contributed by atoms with van der Waals surface area (Å²) in [5, 5.41) is 9.28. The number of thioether (sulfide) groups is 1. The molecule has 3 N–H and O–H groups in total. The van der Waals surface area contributed by atoms with E-state index in [0.717, 1.165) is 10.5 Å².